The first-order chi connectivity index (χ1) is 16.1. The Morgan fingerprint density at radius 2 is 1.97 bits per heavy atom. The Morgan fingerprint density at radius 1 is 1.15 bits per heavy atom. The summed E-state index contributed by atoms with van der Waals surface area (Å²) in [6.07, 6.45) is 5.13. The van der Waals surface area contributed by atoms with E-state index in [4.69, 9.17) is 4.74 Å². The fourth-order valence-electron chi connectivity index (χ4n) is 5.97. The predicted octanol–water partition coefficient (Wildman–Crippen LogP) is 5.22. The Morgan fingerprint density at radius 3 is 2.76 bits per heavy atom. The minimum Gasteiger partial charge on any atom is -0.378 e. The normalized spacial score (nSPS) is 27.2. The average Bonchev–Trinajstić information content (AvgIpc) is 3.02. The average molecular weight is 449 g/mol. The van der Waals surface area contributed by atoms with E-state index in [1.54, 1.807) is 6.20 Å². The van der Waals surface area contributed by atoms with Crippen molar-refractivity contribution in [2.24, 2.45) is 23.7 Å². The third-order valence-corrected chi connectivity index (χ3v) is 8.28. The molecule has 1 saturated heterocycles. The number of hydrogen-bond donors (Lipinski definition) is 1. The molecule has 1 aromatic heterocycles. The molecule has 1 aromatic carbocycles. The van der Waals surface area contributed by atoms with Crippen LogP contribution >= 0.6 is 0 Å². The number of fused-ring (bicyclic) bond motifs is 2. The molecule has 0 radical (unpaired) electrons. The molecule has 1 N–H and O–H groups in total. The van der Waals surface area contributed by atoms with Crippen LogP contribution in [0.1, 0.15) is 45.6 Å². The molecular formula is C27H36N4O2. The molecule has 1 saturated carbocycles. The second-order valence-electron chi connectivity index (χ2n) is 9.93. The Kier molecular flexibility index (Phi) is 6.28. The lowest BCUT2D eigenvalue weighted by molar-refractivity contribution is -0.126. The molecule has 2 fully saturated rings. The summed E-state index contributed by atoms with van der Waals surface area (Å²) in [5, 5.41) is 3.51. The molecule has 1 amide bonds. The SMILES string of the molecule is CC[C@@H]1CC[C@H](C(=O)N2Cc3cccnc3Nc3ccc(N4CCOCC4)cc32)[C@H](C)[C@@H]1C. The molecule has 2 aromatic rings. The van der Waals surface area contributed by atoms with Gasteiger partial charge in [0.1, 0.15) is 5.82 Å². The van der Waals surface area contributed by atoms with Gasteiger partial charge in [0.25, 0.3) is 0 Å². The maximum atomic E-state index is 14.2. The second kappa shape index (κ2) is 9.34. The van der Waals surface area contributed by atoms with E-state index in [0.29, 0.717) is 18.4 Å². The maximum absolute atomic E-state index is 14.2. The molecular weight excluding hydrogens is 412 g/mol. The number of ether oxygens (including phenoxy) is 1. The molecule has 0 unspecified atom stereocenters. The van der Waals surface area contributed by atoms with Crippen LogP contribution in [0.5, 0.6) is 0 Å². The fraction of sp³-hybridized carbons (Fsp3) is 0.556. The number of benzene rings is 1. The molecule has 1 aliphatic carbocycles. The van der Waals surface area contributed by atoms with E-state index in [2.05, 4.69) is 60.2 Å². The predicted molar refractivity (Wildman–Crippen MR) is 133 cm³/mol. The van der Waals surface area contributed by atoms with Crippen molar-refractivity contribution >= 4 is 28.8 Å². The van der Waals surface area contributed by atoms with E-state index in [9.17, 15) is 4.79 Å². The summed E-state index contributed by atoms with van der Waals surface area (Å²) < 4.78 is 5.55. The lowest BCUT2D eigenvalue weighted by atomic mass is 9.67. The van der Waals surface area contributed by atoms with E-state index >= 15 is 0 Å². The summed E-state index contributed by atoms with van der Waals surface area (Å²) in [5.74, 6) is 2.82. The number of morpholine rings is 1. The first-order valence-electron chi connectivity index (χ1n) is 12.6. The molecule has 176 valence electrons. The van der Waals surface area contributed by atoms with Gasteiger partial charge in [0.2, 0.25) is 5.91 Å². The third kappa shape index (κ3) is 4.21. The molecule has 6 nitrogen and oxygen atoms in total. The van der Waals surface area contributed by atoms with Gasteiger partial charge in [-0.15, -0.1) is 0 Å². The number of amides is 1. The van der Waals surface area contributed by atoms with Gasteiger partial charge in [0.05, 0.1) is 31.1 Å². The van der Waals surface area contributed by atoms with Crippen LogP contribution in [0.4, 0.5) is 22.9 Å². The number of rotatable bonds is 3. The monoisotopic (exact) mass is 448 g/mol. The first-order valence-corrected chi connectivity index (χ1v) is 12.6. The maximum Gasteiger partial charge on any atom is 0.230 e. The molecule has 3 aliphatic rings. The largest absolute Gasteiger partial charge is 0.378 e. The summed E-state index contributed by atoms with van der Waals surface area (Å²) in [6.45, 7) is 10.7. The van der Waals surface area contributed by atoms with Gasteiger partial charge in [-0.05, 0) is 54.9 Å². The fourth-order valence-corrected chi connectivity index (χ4v) is 5.97. The van der Waals surface area contributed by atoms with E-state index in [0.717, 1.165) is 73.5 Å². The van der Waals surface area contributed by atoms with Gasteiger partial charge in [-0.3, -0.25) is 4.79 Å². The number of carbonyl (C=O) groups excluding carboxylic acids is 1. The summed E-state index contributed by atoms with van der Waals surface area (Å²) in [7, 11) is 0. The number of nitrogens with one attached hydrogen (secondary N) is 1. The highest BCUT2D eigenvalue weighted by Gasteiger charge is 2.40. The number of carbonyl (C=O) groups is 1. The van der Waals surface area contributed by atoms with Crippen molar-refractivity contribution in [2.75, 3.05) is 41.4 Å². The van der Waals surface area contributed by atoms with Crippen LogP contribution in [0.3, 0.4) is 0 Å². The zero-order valence-electron chi connectivity index (χ0n) is 20.1. The number of anilines is 4. The summed E-state index contributed by atoms with van der Waals surface area (Å²) in [5.41, 5.74) is 4.10. The van der Waals surface area contributed by atoms with Crippen LogP contribution in [0.2, 0.25) is 0 Å². The quantitative estimate of drug-likeness (QED) is 0.698. The van der Waals surface area contributed by atoms with E-state index in [1.165, 1.54) is 6.42 Å². The molecule has 5 rings (SSSR count). The zero-order valence-corrected chi connectivity index (χ0v) is 20.1. The topological polar surface area (TPSA) is 57.7 Å². The lowest BCUT2D eigenvalue weighted by Crippen LogP contribution is -2.43. The molecule has 33 heavy (non-hydrogen) atoms. The number of aromatic nitrogens is 1. The van der Waals surface area contributed by atoms with Crippen molar-refractivity contribution in [3.05, 3.63) is 42.1 Å². The third-order valence-electron chi connectivity index (χ3n) is 8.28. The molecule has 3 heterocycles. The van der Waals surface area contributed by atoms with Crippen molar-refractivity contribution in [3.63, 3.8) is 0 Å². The van der Waals surface area contributed by atoms with Gasteiger partial charge < -0.3 is 19.9 Å². The summed E-state index contributed by atoms with van der Waals surface area (Å²) in [4.78, 5) is 23.1. The Bertz CT molecular complexity index is 1000. The van der Waals surface area contributed by atoms with E-state index in [-0.39, 0.29) is 11.8 Å². The van der Waals surface area contributed by atoms with Crippen LogP contribution in [0.15, 0.2) is 36.5 Å². The van der Waals surface area contributed by atoms with Gasteiger partial charge >= 0.3 is 0 Å². The Hall–Kier alpha value is -2.60. The van der Waals surface area contributed by atoms with Crippen molar-refractivity contribution in [3.8, 4) is 0 Å². The van der Waals surface area contributed by atoms with Crippen molar-refractivity contribution in [1.29, 1.82) is 0 Å². The van der Waals surface area contributed by atoms with Crippen LogP contribution in [0.25, 0.3) is 0 Å². The standard InChI is InChI=1S/C27H36N4O2/c1-4-20-7-9-23(19(3)18(20)2)27(32)31-17-21-6-5-11-28-26(21)29-24-10-8-22(16-25(24)31)30-12-14-33-15-13-30/h5-6,8,10-11,16,18-20,23H,4,7,9,12-15,17H2,1-3H3,(H,28,29)/t18-,19+,20+,23-/m0/s1. The van der Waals surface area contributed by atoms with Gasteiger partial charge in [0, 0.05) is 36.5 Å². The molecule has 6 heteroatoms. The van der Waals surface area contributed by atoms with E-state index < -0.39 is 0 Å². The minimum absolute atomic E-state index is 0.0564. The minimum atomic E-state index is 0.0564. The molecule has 0 spiro atoms. The van der Waals surface area contributed by atoms with Crippen molar-refractivity contribution in [2.45, 2.75) is 46.6 Å². The van der Waals surface area contributed by atoms with Gasteiger partial charge in [0.15, 0.2) is 0 Å². The van der Waals surface area contributed by atoms with Crippen molar-refractivity contribution < 1.29 is 9.53 Å². The van der Waals surface area contributed by atoms with Crippen LogP contribution in [-0.4, -0.2) is 37.2 Å². The Balaban J connectivity index is 1.52. The second-order valence-corrected chi connectivity index (χ2v) is 9.93. The summed E-state index contributed by atoms with van der Waals surface area (Å²) in [6, 6.07) is 10.5. The lowest BCUT2D eigenvalue weighted by Gasteiger charge is -2.41. The van der Waals surface area contributed by atoms with Gasteiger partial charge in [-0.25, -0.2) is 4.98 Å². The summed E-state index contributed by atoms with van der Waals surface area (Å²) >= 11 is 0. The zero-order chi connectivity index (χ0) is 22.9. The van der Waals surface area contributed by atoms with E-state index in [1.807, 2.05) is 11.0 Å². The smallest absolute Gasteiger partial charge is 0.230 e. The van der Waals surface area contributed by atoms with Gasteiger partial charge in [-0.2, -0.15) is 0 Å². The number of pyridine rings is 1. The highest BCUT2D eigenvalue weighted by molar-refractivity contribution is 6.00. The first kappa shape index (κ1) is 22.2. The molecule has 0 bridgehead atoms. The number of hydrogen-bond acceptors (Lipinski definition) is 5. The number of nitrogens with zero attached hydrogens (tertiary/aromatic N) is 3. The van der Waals surface area contributed by atoms with Crippen LogP contribution in [0, 0.1) is 23.7 Å². The molecule has 4 atom stereocenters. The van der Waals surface area contributed by atoms with Crippen LogP contribution < -0.4 is 15.1 Å². The van der Waals surface area contributed by atoms with Gasteiger partial charge in [-0.1, -0.05) is 33.3 Å². The van der Waals surface area contributed by atoms with Crippen molar-refractivity contribution in [1.82, 2.24) is 4.98 Å². The molecule has 2 aliphatic heterocycles. The highest BCUT2D eigenvalue weighted by atomic mass is 16.5. The van der Waals surface area contributed by atoms with Crippen LogP contribution in [-0.2, 0) is 16.1 Å². The Labute approximate surface area is 197 Å². The highest BCUT2D eigenvalue weighted by Crippen LogP contribution is 2.44.